The Morgan fingerprint density at radius 3 is 3.10 bits per heavy atom. The van der Waals surface area contributed by atoms with Crippen LogP contribution in [0.25, 0.3) is 0 Å². The molecule has 0 fully saturated rings. The highest BCUT2D eigenvalue weighted by Gasteiger charge is 2.16. The fourth-order valence-electron chi connectivity index (χ4n) is 2.63. The quantitative estimate of drug-likeness (QED) is 0.883. The number of rotatable bonds is 5. The maximum Gasteiger partial charge on any atom is 0.339 e. The summed E-state index contributed by atoms with van der Waals surface area (Å²) in [5.74, 6) is -0.926. The highest BCUT2D eigenvalue weighted by Crippen LogP contribution is 2.30. The van der Waals surface area contributed by atoms with Crippen molar-refractivity contribution < 1.29 is 9.90 Å². The second kappa shape index (κ2) is 5.38. The van der Waals surface area contributed by atoms with Gasteiger partial charge in [0, 0.05) is 29.9 Å². The molecule has 0 unspecified atom stereocenters. The lowest BCUT2D eigenvalue weighted by Gasteiger charge is -2.05. The van der Waals surface area contributed by atoms with Crippen molar-refractivity contribution >= 4 is 17.3 Å². The van der Waals surface area contributed by atoms with Crippen molar-refractivity contribution in [3.63, 3.8) is 0 Å². The van der Waals surface area contributed by atoms with Crippen LogP contribution >= 0.6 is 11.3 Å². The molecule has 2 heterocycles. The Labute approximate surface area is 121 Å². The number of hydrogen-bond donors (Lipinski definition) is 2. The summed E-state index contributed by atoms with van der Waals surface area (Å²) < 4.78 is 1.62. The van der Waals surface area contributed by atoms with Gasteiger partial charge in [0.25, 0.3) is 0 Å². The molecule has 0 bridgehead atoms. The average molecular weight is 291 g/mol. The van der Waals surface area contributed by atoms with E-state index >= 15 is 0 Å². The van der Waals surface area contributed by atoms with Gasteiger partial charge in [-0.2, -0.15) is 5.10 Å². The van der Waals surface area contributed by atoms with Crippen LogP contribution in [0, 0.1) is 0 Å². The van der Waals surface area contributed by atoms with Crippen LogP contribution in [0.4, 0.5) is 0 Å². The molecule has 0 aromatic carbocycles. The summed E-state index contributed by atoms with van der Waals surface area (Å²) in [6.45, 7) is 1.29. The maximum absolute atomic E-state index is 11.1. The number of carboxylic acids is 1. The Morgan fingerprint density at radius 2 is 2.35 bits per heavy atom. The van der Waals surface area contributed by atoms with E-state index in [4.69, 9.17) is 5.11 Å². The molecule has 5 nitrogen and oxygen atoms in total. The van der Waals surface area contributed by atoms with Gasteiger partial charge in [0.1, 0.15) is 5.56 Å². The van der Waals surface area contributed by atoms with Crippen LogP contribution in [0.3, 0.4) is 0 Å². The molecule has 0 spiro atoms. The predicted octanol–water partition coefficient (Wildman–Crippen LogP) is 1.96. The van der Waals surface area contributed by atoms with E-state index < -0.39 is 5.97 Å². The number of carbonyl (C=O) groups is 1. The number of aromatic carboxylic acids is 1. The van der Waals surface area contributed by atoms with E-state index in [1.807, 2.05) is 11.3 Å². The molecule has 3 rings (SSSR count). The Balaban J connectivity index is 1.62. The Bertz CT molecular complexity index is 623. The third kappa shape index (κ3) is 2.48. The Hall–Kier alpha value is -1.66. The van der Waals surface area contributed by atoms with Crippen LogP contribution in [0.5, 0.6) is 0 Å². The highest BCUT2D eigenvalue weighted by molar-refractivity contribution is 7.12. The summed E-state index contributed by atoms with van der Waals surface area (Å²) in [6.07, 6.45) is 5.10. The molecule has 0 aliphatic heterocycles. The minimum atomic E-state index is -0.926. The maximum atomic E-state index is 11.1. The standard InChI is InChI=1S/C14H17N3O2S/c1-17-12(11(7-16-17)14(18)19)8-15-6-10-5-9-3-2-4-13(9)20-10/h5,7,15H,2-4,6,8H2,1H3,(H,18,19). The third-order valence-electron chi connectivity index (χ3n) is 3.68. The normalized spacial score (nSPS) is 13.7. The van der Waals surface area contributed by atoms with E-state index in [0.717, 1.165) is 6.54 Å². The number of carboxylic acid groups (broad SMARTS) is 1. The lowest BCUT2D eigenvalue weighted by atomic mass is 10.2. The van der Waals surface area contributed by atoms with Crippen molar-refractivity contribution in [1.82, 2.24) is 15.1 Å². The molecule has 1 aliphatic carbocycles. The number of aryl methyl sites for hydroxylation is 3. The van der Waals surface area contributed by atoms with Crippen molar-refractivity contribution in [2.45, 2.75) is 32.4 Å². The largest absolute Gasteiger partial charge is 0.478 e. The zero-order valence-electron chi connectivity index (χ0n) is 11.3. The third-order valence-corrected chi connectivity index (χ3v) is 4.92. The molecule has 2 aromatic heterocycles. The fraction of sp³-hybridized carbons (Fsp3) is 0.429. The fourth-order valence-corrected chi connectivity index (χ4v) is 3.86. The summed E-state index contributed by atoms with van der Waals surface area (Å²) in [6, 6.07) is 2.28. The number of hydrogen-bond acceptors (Lipinski definition) is 4. The molecule has 2 aromatic rings. The first kappa shape index (κ1) is 13.3. The van der Waals surface area contributed by atoms with Crippen LogP contribution in [-0.2, 0) is 33.0 Å². The summed E-state index contributed by atoms with van der Waals surface area (Å²) >= 11 is 1.87. The number of nitrogens with zero attached hydrogens (tertiary/aromatic N) is 2. The molecule has 20 heavy (non-hydrogen) atoms. The Morgan fingerprint density at radius 1 is 1.50 bits per heavy atom. The van der Waals surface area contributed by atoms with E-state index in [1.165, 1.54) is 40.8 Å². The van der Waals surface area contributed by atoms with Crippen LogP contribution in [0.1, 0.15) is 37.8 Å². The number of aromatic nitrogens is 2. The molecular weight excluding hydrogens is 274 g/mol. The molecule has 0 radical (unpaired) electrons. The molecular formula is C14H17N3O2S. The molecule has 1 aliphatic rings. The van der Waals surface area contributed by atoms with Crippen LogP contribution < -0.4 is 5.32 Å². The first-order chi connectivity index (χ1) is 9.65. The van der Waals surface area contributed by atoms with Crippen molar-refractivity contribution in [2.24, 2.45) is 7.05 Å². The van der Waals surface area contributed by atoms with Gasteiger partial charge in [0.2, 0.25) is 0 Å². The minimum absolute atomic E-state index is 0.272. The average Bonchev–Trinajstić information content (AvgIpc) is 3.04. The zero-order chi connectivity index (χ0) is 14.1. The van der Waals surface area contributed by atoms with Gasteiger partial charge in [0.15, 0.2) is 0 Å². The molecule has 6 heteroatoms. The van der Waals surface area contributed by atoms with E-state index in [2.05, 4.69) is 16.5 Å². The number of thiophene rings is 1. The second-order valence-electron chi connectivity index (χ2n) is 5.05. The molecule has 0 saturated carbocycles. The molecule has 0 atom stereocenters. The van der Waals surface area contributed by atoms with Gasteiger partial charge < -0.3 is 10.4 Å². The smallest absolute Gasteiger partial charge is 0.339 e. The highest BCUT2D eigenvalue weighted by atomic mass is 32.1. The molecule has 106 valence electrons. The molecule has 2 N–H and O–H groups in total. The van der Waals surface area contributed by atoms with Gasteiger partial charge in [-0.1, -0.05) is 0 Å². The predicted molar refractivity (Wildman–Crippen MR) is 77.1 cm³/mol. The summed E-state index contributed by atoms with van der Waals surface area (Å²) in [5, 5.41) is 16.4. The van der Waals surface area contributed by atoms with Gasteiger partial charge in [-0.3, -0.25) is 4.68 Å². The first-order valence-electron chi connectivity index (χ1n) is 6.70. The van der Waals surface area contributed by atoms with Crippen molar-refractivity contribution in [3.8, 4) is 0 Å². The summed E-state index contributed by atoms with van der Waals surface area (Å²) in [5.41, 5.74) is 2.48. The van der Waals surface area contributed by atoms with E-state index in [1.54, 1.807) is 11.7 Å². The van der Waals surface area contributed by atoms with E-state index in [0.29, 0.717) is 12.2 Å². The van der Waals surface area contributed by atoms with Gasteiger partial charge >= 0.3 is 5.97 Å². The monoisotopic (exact) mass is 291 g/mol. The van der Waals surface area contributed by atoms with Gasteiger partial charge in [-0.25, -0.2) is 4.79 Å². The van der Waals surface area contributed by atoms with Gasteiger partial charge in [0.05, 0.1) is 11.9 Å². The van der Waals surface area contributed by atoms with Crippen molar-refractivity contribution in [1.29, 1.82) is 0 Å². The van der Waals surface area contributed by atoms with Crippen molar-refractivity contribution in [3.05, 3.63) is 38.8 Å². The van der Waals surface area contributed by atoms with Crippen molar-refractivity contribution in [2.75, 3.05) is 0 Å². The lowest BCUT2D eigenvalue weighted by Crippen LogP contribution is -2.17. The minimum Gasteiger partial charge on any atom is -0.478 e. The van der Waals surface area contributed by atoms with Crippen LogP contribution in [-0.4, -0.2) is 20.9 Å². The lowest BCUT2D eigenvalue weighted by molar-refractivity contribution is 0.0695. The Kier molecular flexibility index (Phi) is 3.58. The number of fused-ring (bicyclic) bond motifs is 1. The summed E-state index contributed by atoms with van der Waals surface area (Å²) in [4.78, 5) is 13.9. The van der Waals surface area contributed by atoms with E-state index in [-0.39, 0.29) is 5.56 Å². The topological polar surface area (TPSA) is 67.2 Å². The second-order valence-corrected chi connectivity index (χ2v) is 6.27. The zero-order valence-corrected chi connectivity index (χ0v) is 12.2. The van der Waals surface area contributed by atoms with Crippen LogP contribution in [0.15, 0.2) is 12.3 Å². The number of nitrogens with one attached hydrogen (secondary N) is 1. The van der Waals surface area contributed by atoms with E-state index in [9.17, 15) is 4.79 Å². The molecule has 0 saturated heterocycles. The van der Waals surface area contributed by atoms with Crippen LogP contribution in [0.2, 0.25) is 0 Å². The first-order valence-corrected chi connectivity index (χ1v) is 7.52. The SMILES string of the molecule is Cn1ncc(C(=O)O)c1CNCc1cc2c(s1)CCC2. The summed E-state index contributed by atoms with van der Waals surface area (Å²) in [7, 11) is 1.77. The van der Waals surface area contributed by atoms with Gasteiger partial charge in [-0.05, 0) is 30.9 Å². The van der Waals surface area contributed by atoms with Gasteiger partial charge in [-0.15, -0.1) is 11.3 Å². The molecule has 0 amide bonds.